The van der Waals surface area contributed by atoms with Crippen LogP contribution in [0.3, 0.4) is 0 Å². The van der Waals surface area contributed by atoms with Crippen LogP contribution in [0.5, 0.6) is 0 Å². The van der Waals surface area contributed by atoms with E-state index in [4.69, 9.17) is 4.98 Å². The zero-order valence-corrected chi connectivity index (χ0v) is 15.0. The van der Waals surface area contributed by atoms with E-state index in [1.807, 2.05) is 12.5 Å². The Morgan fingerprint density at radius 1 is 0.720 bits per heavy atom. The minimum atomic E-state index is 0.895. The molecule has 4 aromatic rings. The first kappa shape index (κ1) is 15.6. The van der Waals surface area contributed by atoms with Crippen molar-refractivity contribution in [2.75, 3.05) is 0 Å². The number of fused-ring (bicyclic) bond motifs is 1. The van der Waals surface area contributed by atoms with Gasteiger partial charge in [-0.1, -0.05) is 35.9 Å². The molecule has 0 N–H and O–H groups in total. The van der Waals surface area contributed by atoms with Crippen molar-refractivity contribution in [3.8, 4) is 16.8 Å². The largest absolute Gasteiger partial charge is 0.283 e. The minimum Gasteiger partial charge on any atom is -0.283 e. The molecular formula is C22H21N3. The summed E-state index contributed by atoms with van der Waals surface area (Å²) in [5, 5.41) is 0. The first-order valence-corrected chi connectivity index (χ1v) is 8.52. The highest BCUT2D eigenvalue weighted by atomic mass is 15.1. The van der Waals surface area contributed by atoms with Crippen LogP contribution in [0.4, 0.5) is 0 Å². The van der Waals surface area contributed by atoms with Gasteiger partial charge in [-0.05, 0) is 62.1 Å². The second-order valence-electron chi connectivity index (χ2n) is 6.75. The van der Waals surface area contributed by atoms with Crippen molar-refractivity contribution in [1.29, 1.82) is 0 Å². The first-order chi connectivity index (χ1) is 12.0. The van der Waals surface area contributed by atoms with E-state index in [-0.39, 0.29) is 0 Å². The summed E-state index contributed by atoms with van der Waals surface area (Å²) in [6, 6.07) is 15.1. The summed E-state index contributed by atoms with van der Waals surface area (Å²) in [6.45, 7) is 8.49. The maximum Gasteiger partial charge on any atom is 0.165 e. The molecule has 0 radical (unpaired) electrons. The molecule has 0 atom stereocenters. The fraction of sp³-hybridized carbons (Fsp3) is 0.182. The van der Waals surface area contributed by atoms with Crippen LogP contribution < -0.4 is 0 Å². The Bertz CT molecular complexity index is 1090. The normalized spacial score (nSPS) is 11.2. The van der Waals surface area contributed by atoms with E-state index >= 15 is 0 Å². The number of benzene rings is 2. The molecule has 0 amide bonds. The van der Waals surface area contributed by atoms with E-state index in [1.165, 1.54) is 27.8 Å². The maximum atomic E-state index is 4.71. The summed E-state index contributed by atoms with van der Waals surface area (Å²) in [7, 11) is 0. The topological polar surface area (TPSA) is 30.7 Å². The molecule has 25 heavy (non-hydrogen) atoms. The Morgan fingerprint density at radius 3 is 2.24 bits per heavy atom. The Labute approximate surface area is 148 Å². The molecule has 4 rings (SSSR count). The van der Waals surface area contributed by atoms with Crippen LogP contribution >= 0.6 is 0 Å². The second-order valence-corrected chi connectivity index (χ2v) is 6.75. The SMILES string of the molecule is Cc1ccc(C)c(-c2ccnc3c2ncn3-c2cc(C)ccc2C)c1. The van der Waals surface area contributed by atoms with Gasteiger partial charge >= 0.3 is 0 Å². The molecule has 0 aliphatic carbocycles. The molecule has 3 heteroatoms. The zero-order chi connectivity index (χ0) is 17.6. The Kier molecular flexibility index (Phi) is 3.65. The summed E-state index contributed by atoms with van der Waals surface area (Å²) >= 11 is 0. The predicted molar refractivity (Wildman–Crippen MR) is 103 cm³/mol. The van der Waals surface area contributed by atoms with Crippen LogP contribution in [0.15, 0.2) is 55.0 Å². The molecule has 3 nitrogen and oxygen atoms in total. The summed E-state index contributed by atoms with van der Waals surface area (Å²) in [4.78, 5) is 9.34. The summed E-state index contributed by atoms with van der Waals surface area (Å²) < 4.78 is 2.09. The van der Waals surface area contributed by atoms with Gasteiger partial charge < -0.3 is 0 Å². The number of hydrogen-bond acceptors (Lipinski definition) is 2. The van der Waals surface area contributed by atoms with Crippen LogP contribution in [0.2, 0.25) is 0 Å². The van der Waals surface area contributed by atoms with Crippen molar-refractivity contribution in [1.82, 2.24) is 14.5 Å². The summed E-state index contributed by atoms with van der Waals surface area (Å²) in [5.74, 6) is 0. The molecule has 0 saturated heterocycles. The zero-order valence-electron chi connectivity index (χ0n) is 15.0. The summed E-state index contributed by atoms with van der Waals surface area (Å²) in [5.41, 5.74) is 10.3. The number of rotatable bonds is 2. The van der Waals surface area contributed by atoms with Crippen LogP contribution in [-0.4, -0.2) is 14.5 Å². The smallest absolute Gasteiger partial charge is 0.165 e. The fourth-order valence-electron chi connectivity index (χ4n) is 3.32. The lowest BCUT2D eigenvalue weighted by atomic mass is 9.98. The molecular weight excluding hydrogens is 306 g/mol. The standard InChI is InChI=1S/C22H21N3/c1-14-5-7-16(3)19(11-14)18-9-10-23-22-21(18)24-13-25(22)20-12-15(2)6-8-17(20)4/h5-13H,1-4H3. The lowest BCUT2D eigenvalue weighted by Crippen LogP contribution is -1.97. The van der Waals surface area contributed by atoms with Crippen molar-refractivity contribution in [3.05, 3.63) is 77.2 Å². The minimum absolute atomic E-state index is 0.895. The number of hydrogen-bond donors (Lipinski definition) is 0. The van der Waals surface area contributed by atoms with Gasteiger partial charge in [0.15, 0.2) is 5.65 Å². The molecule has 2 aromatic heterocycles. The third-order valence-corrected chi connectivity index (χ3v) is 4.74. The van der Waals surface area contributed by atoms with Crippen LogP contribution in [-0.2, 0) is 0 Å². The average Bonchev–Trinajstić information content (AvgIpc) is 3.03. The fourth-order valence-corrected chi connectivity index (χ4v) is 3.32. The van der Waals surface area contributed by atoms with Gasteiger partial charge in [0, 0.05) is 11.8 Å². The highest BCUT2D eigenvalue weighted by Gasteiger charge is 2.14. The Balaban J connectivity index is 1.98. The quantitative estimate of drug-likeness (QED) is 0.499. The molecule has 0 aliphatic rings. The number of imidazole rings is 1. The third kappa shape index (κ3) is 2.62. The van der Waals surface area contributed by atoms with Gasteiger partial charge in [0.05, 0.1) is 5.69 Å². The van der Waals surface area contributed by atoms with Gasteiger partial charge in [-0.25, -0.2) is 9.97 Å². The van der Waals surface area contributed by atoms with E-state index < -0.39 is 0 Å². The highest BCUT2D eigenvalue weighted by molar-refractivity contribution is 5.91. The Hall–Kier alpha value is -2.94. The van der Waals surface area contributed by atoms with Crippen molar-refractivity contribution in [3.63, 3.8) is 0 Å². The Morgan fingerprint density at radius 2 is 1.44 bits per heavy atom. The molecule has 0 unspecified atom stereocenters. The molecule has 0 spiro atoms. The first-order valence-electron chi connectivity index (χ1n) is 8.52. The van der Waals surface area contributed by atoms with Crippen molar-refractivity contribution < 1.29 is 0 Å². The molecule has 2 aromatic carbocycles. The average molecular weight is 327 g/mol. The van der Waals surface area contributed by atoms with Crippen LogP contribution in [0.1, 0.15) is 22.3 Å². The molecule has 2 heterocycles. The van der Waals surface area contributed by atoms with Crippen molar-refractivity contribution >= 4 is 11.2 Å². The summed E-state index contributed by atoms with van der Waals surface area (Å²) in [6.07, 6.45) is 3.76. The second kappa shape index (κ2) is 5.85. The molecule has 0 bridgehead atoms. The van der Waals surface area contributed by atoms with E-state index in [0.29, 0.717) is 0 Å². The molecule has 0 aliphatic heterocycles. The number of nitrogens with zero attached hydrogens (tertiary/aromatic N) is 3. The third-order valence-electron chi connectivity index (χ3n) is 4.74. The number of pyridine rings is 1. The predicted octanol–water partition coefficient (Wildman–Crippen LogP) is 5.32. The van der Waals surface area contributed by atoms with Gasteiger partial charge in [-0.2, -0.15) is 0 Å². The van der Waals surface area contributed by atoms with Gasteiger partial charge in [-0.15, -0.1) is 0 Å². The van der Waals surface area contributed by atoms with Gasteiger partial charge in [0.1, 0.15) is 11.8 Å². The monoisotopic (exact) mass is 327 g/mol. The van der Waals surface area contributed by atoms with Crippen molar-refractivity contribution in [2.45, 2.75) is 27.7 Å². The molecule has 124 valence electrons. The van der Waals surface area contributed by atoms with Crippen molar-refractivity contribution in [2.24, 2.45) is 0 Å². The van der Waals surface area contributed by atoms with Gasteiger partial charge in [0.25, 0.3) is 0 Å². The van der Waals surface area contributed by atoms with Gasteiger partial charge in [0.2, 0.25) is 0 Å². The maximum absolute atomic E-state index is 4.71. The highest BCUT2D eigenvalue weighted by Crippen LogP contribution is 2.31. The van der Waals surface area contributed by atoms with E-state index in [9.17, 15) is 0 Å². The van der Waals surface area contributed by atoms with Crippen LogP contribution in [0.25, 0.3) is 28.0 Å². The number of aryl methyl sites for hydroxylation is 4. The van der Waals surface area contributed by atoms with E-state index in [0.717, 1.165) is 22.4 Å². The molecule has 0 saturated carbocycles. The van der Waals surface area contributed by atoms with E-state index in [2.05, 4.69) is 79.7 Å². The lowest BCUT2D eigenvalue weighted by Gasteiger charge is -2.10. The van der Waals surface area contributed by atoms with Gasteiger partial charge in [-0.3, -0.25) is 4.57 Å². The number of aromatic nitrogens is 3. The van der Waals surface area contributed by atoms with Crippen LogP contribution in [0, 0.1) is 27.7 Å². The molecule has 0 fully saturated rings. The van der Waals surface area contributed by atoms with E-state index in [1.54, 1.807) is 0 Å². The lowest BCUT2D eigenvalue weighted by molar-refractivity contribution is 1.05.